The van der Waals surface area contributed by atoms with Gasteiger partial charge in [0.25, 0.3) is 5.91 Å². The molecule has 1 amide bonds. The second-order valence-electron chi connectivity index (χ2n) is 7.62. The molecule has 142 valence electrons. The number of anilines is 1. The number of rotatable bonds is 4. The van der Waals surface area contributed by atoms with Gasteiger partial charge < -0.3 is 19.1 Å². The average molecular weight is 367 g/mol. The van der Waals surface area contributed by atoms with E-state index in [0.29, 0.717) is 25.7 Å². The summed E-state index contributed by atoms with van der Waals surface area (Å²) in [6, 6.07) is 6.31. The predicted octanol–water partition coefficient (Wildman–Crippen LogP) is 2.43. The van der Waals surface area contributed by atoms with E-state index in [2.05, 4.69) is 14.5 Å². The van der Waals surface area contributed by atoms with E-state index in [1.807, 2.05) is 29.3 Å². The molecule has 0 unspecified atom stereocenters. The van der Waals surface area contributed by atoms with Crippen LogP contribution in [0, 0.1) is 0 Å². The monoisotopic (exact) mass is 367 g/mol. The molecule has 0 radical (unpaired) electrons. The molecule has 0 N–H and O–H groups in total. The molecule has 3 aliphatic rings. The first-order chi connectivity index (χ1) is 13.3. The Balaban J connectivity index is 1.32. The molecule has 7 nitrogen and oxygen atoms in total. The van der Waals surface area contributed by atoms with Gasteiger partial charge in [-0.25, -0.2) is 9.97 Å². The summed E-state index contributed by atoms with van der Waals surface area (Å²) in [5, 5.41) is 0. The standard InChI is InChI=1S/C20H25N5O2/c26-19(17-4-3-11-25(17)15-5-6-15)24-12-13-27-18(14-24)16-7-8-21-20(22-16)23-9-1-2-10-23/h3-4,7-8,11,15,18H,1-2,5-6,9-10,12-14H2/t18-/m1/s1. The highest BCUT2D eigenvalue weighted by Crippen LogP contribution is 2.36. The molecule has 7 heteroatoms. The van der Waals surface area contributed by atoms with Crippen LogP contribution in [0.2, 0.25) is 0 Å². The fraction of sp³-hybridized carbons (Fsp3) is 0.550. The smallest absolute Gasteiger partial charge is 0.270 e. The van der Waals surface area contributed by atoms with Crippen molar-refractivity contribution >= 4 is 11.9 Å². The van der Waals surface area contributed by atoms with Crippen LogP contribution in [0.3, 0.4) is 0 Å². The van der Waals surface area contributed by atoms with Crippen LogP contribution in [-0.4, -0.2) is 58.1 Å². The van der Waals surface area contributed by atoms with Crippen LogP contribution in [0.5, 0.6) is 0 Å². The number of carbonyl (C=O) groups excluding carboxylic acids is 1. The number of morpholine rings is 1. The van der Waals surface area contributed by atoms with Crippen molar-refractivity contribution in [3.63, 3.8) is 0 Å². The topological polar surface area (TPSA) is 63.5 Å². The van der Waals surface area contributed by atoms with Gasteiger partial charge in [-0.05, 0) is 43.9 Å². The van der Waals surface area contributed by atoms with E-state index in [1.165, 1.54) is 25.7 Å². The van der Waals surface area contributed by atoms with Crippen molar-refractivity contribution in [2.75, 3.05) is 37.7 Å². The van der Waals surface area contributed by atoms with Crippen LogP contribution in [-0.2, 0) is 4.74 Å². The van der Waals surface area contributed by atoms with Gasteiger partial charge in [0, 0.05) is 38.1 Å². The van der Waals surface area contributed by atoms with E-state index in [1.54, 1.807) is 6.20 Å². The Hall–Kier alpha value is -2.41. The Morgan fingerprint density at radius 3 is 2.81 bits per heavy atom. The van der Waals surface area contributed by atoms with Crippen LogP contribution >= 0.6 is 0 Å². The first kappa shape index (κ1) is 16.7. The van der Waals surface area contributed by atoms with Gasteiger partial charge in [0.15, 0.2) is 0 Å². The highest BCUT2D eigenvalue weighted by Gasteiger charge is 2.32. The first-order valence-electron chi connectivity index (χ1n) is 9.95. The lowest BCUT2D eigenvalue weighted by molar-refractivity contribution is -0.0250. The Morgan fingerprint density at radius 2 is 2.00 bits per heavy atom. The minimum absolute atomic E-state index is 0.0917. The van der Waals surface area contributed by atoms with Crippen LogP contribution < -0.4 is 4.90 Å². The van der Waals surface area contributed by atoms with E-state index in [-0.39, 0.29) is 12.0 Å². The van der Waals surface area contributed by atoms with Crippen molar-refractivity contribution in [2.45, 2.75) is 37.8 Å². The molecule has 0 spiro atoms. The van der Waals surface area contributed by atoms with E-state index >= 15 is 0 Å². The Labute approximate surface area is 159 Å². The number of aromatic nitrogens is 3. The van der Waals surface area contributed by atoms with Crippen molar-refractivity contribution in [1.29, 1.82) is 0 Å². The molecule has 1 atom stereocenters. The molecule has 2 aromatic rings. The second-order valence-corrected chi connectivity index (χ2v) is 7.62. The van der Waals surface area contributed by atoms with Crippen molar-refractivity contribution in [1.82, 2.24) is 19.4 Å². The fourth-order valence-electron chi connectivity index (χ4n) is 4.03. The van der Waals surface area contributed by atoms with Crippen LogP contribution in [0.1, 0.15) is 54.0 Å². The van der Waals surface area contributed by atoms with Crippen molar-refractivity contribution in [2.24, 2.45) is 0 Å². The lowest BCUT2D eigenvalue weighted by atomic mass is 10.2. The summed E-state index contributed by atoms with van der Waals surface area (Å²) in [6.45, 7) is 3.71. The molecule has 5 rings (SSSR count). The zero-order valence-corrected chi connectivity index (χ0v) is 15.5. The molecular weight excluding hydrogens is 342 g/mol. The summed E-state index contributed by atoms with van der Waals surface area (Å²) in [7, 11) is 0. The Bertz CT molecular complexity index is 825. The molecule has 27 heavy (non-hydrogen) atoms. The van der Waals surface area contributed by atoms with Gasteiger partial charge in [-0.1, -0.05) is 0 Å². The second kappa shape index (κ2) is 6.96. The molecule has 0 aromatic carbocycles. The zero-order chi connectivity index (χ0) is 18.2. The normalized spacial score (nSPS) is 23.0. The summed E-state index contributed by atoms with van der Waals surface area (Å²) in [4.78, 5) is 26.4. The van der Waals surface area contributed by atoms with Crippen molar-refractivity contribution in [3.8, 4) is 0 Å². The van der Waals surface area contributed by atoms with Gasteiger partial charge in [-0.15, -0.1) is 0 Å². The molecule has 0 bridgehead atoms. The molecule has 2 saturated heterocycles. The SMILES string of the molecule is O=C(c1cccn1C1CC1)N1CCO[C@@H](c2ccnc(N3CCCC3)n2)C1. The largest absolute Gasteiger partial charge is 0.368 e. The van der Waals surface area contributed by atoms with E-state index < -0.39 is 0 Å². The zero-order valence-electron chi connectivity index (χ0n) is 15.5. The summed E-state index contributed by atoms with van der Waals surface area (Å²) >= 11 is 0. The predicted molar refractivity (Wildman–Crippen MR) is 101 cm³/mol. The first-order valence-corrected chi connectivity index (χ1v) is 9.95. The van der Waals surface area contributed by atoms with E-state index in [0.717, 1.165) is 30.4 Å². The maximum absolute atomic E-state index is 13.1. The third-order valence-corrected chi connectivity index (χ3v) is 5.68. The molecular formula is C20H25N5O2. The molecule has 2 aromatic heterocycles. The van der Waals surface area contributed by atoms with Gasteiger partial charge in [0.05, 0.1) is 18.8 Å². The Morgan fingerprint density at radius 1 is 1.15 bits per heavy atom. The van der Waals surface area contributed by atoms with Crippen LogP contribution in [0.4, 0.5) is 5.95 Å². The van der Waals surface area contributed by atoms with Gasteiger partial charge in [-0.3, -0.25) is 4.79 Å². The van der Waals surface area contributed by atoms with Crippen LogP contribution in [0.25, 0.3) is 0 Å². The van der Waals surface area contributed by atoms with E-state index in [4.69, 9.17) is 9.72 Å². The number of ether oxygens (including phenoxy) is 1. The van der Waals surface area contributed by atoms with Crippen molar-refractivity contribution < 1.29 is 9.53 Å². The van der Waals surface area contributed by atoms with Gasteiger partial charge in [0.2, 0.25) is 5.95 Å². The van der Waals surface area contributed by atoms with Gasteiger partial charge in [-0.2, -0.15) is 0 Å². The molecule has 2 aliphatic heterocycles. The molecule has 4 heterocycles. The number of nitrogens with zero attached hydrogens (tertiary/aromatic N) is 5. The quantitative estimate of drug-likeness (QED) is 0.830. The highest BCUT2D eigenvalue weighted by atomic mass is 16.5. The minimum Gasteiger partial charge on any atom is -0.368 e. The third-order valence-electron chi connectivity index (χ3n) is 5.68. The molecule has 3 fully saturated rings. The maximum atomic E-state index is 13.1. The third kappa shape index (κ3) is 3.32. The highest BCUT2D eigenvalue weighted by molar-refractivity contribution is 5.93. The lowest BCUT2D eigenvalue weighted by Crippen LogP contribution is -2.43. The minimum atomic E-state index is -0.198. The summed E-state index contributed by atoms with van der Waals surface area (Å²) < 4.78 is 8.09. The van der Waals surface area contributed by atoms with Crippen LogP contribution in [0.15, 0.2) is 30.6 Å². The number of hydrogen-bond donors (Lipinski definition) is 0. The molecule has 1 saturated carbocycles. The number of amides is 1. The maximum Gasteiger partial charge on any atom is 0.270 e. The Kier molecular flexibility index (Phi) is 4.32. The molecule has 1 aliphatic carbocycles. The summed E-state index contributed by atoms with van der Waals surface area (Å²) in [5.74, 6) is 0.869. The van der Waals surface area contributed by atoms with Gasteiger partial charge >= 0.3 is 0 Å². The summed E-state index contributed by atoms with van der Waals surface area (Å²) in [6.07, 6.45) is 8.35. The lowest BCUT2D eigenvalue weighted by Gasteiger charge is -2.33. The van der Waals surface area contributed by atoms with E-state index in [9.17, 15) is 4.79 Å². The van der Waals surface area contributed by atoms with Gasteiger partial charge in [0.1, 0.15) is 11.8 Å². The number of carbonyl (C=O) groups is 1. The van der Waals surface area contributed by atoms with Crippen molar-refractivity contribution in [3.05, 3.63) is 42.0 Å². The summed E-state index contributed by atoms with van der Waals surface area (Å²) in [5.41, 5.74) is 1.65. The number of hydrogen-bond acceptors (Lipinski definition) is 5. The average Bonchev–Trinajstić information content (AvgIpc) is 3.21. The fourth-order valence-corrected chi connectivity index (χ4v) is 4.03.